The van der Waals surface area contributed by atoms with Gasteiger partial charge < -0.3 is 25.6 Å². The fraction of sp³-hybridized carbons (Fsp3) is 0.351. The molecule has 10 heteroatoms. The van der Waals surface area contributed by atoms with E-state index in [2.05, 4.69) is 44.9 Å². The van der Waals surface area contributed by atoms with Crippen LogP contribution in [0.1, 0.15) is 39.9 Å². The number of primary amides is 1. The summed E-state index contributed by atoms with van der Waals surface area (Å²) in [5, 5.41) is 9.17. The quantitative estimate of drug-likeness (QED) is 0.209. The summed E-state index contributed by atoms with van der Waals surface area (Å²) in [5.41, 5.74) is 13.7. The van der Waals surface area contributed by atoms with E-state index >= 15 is 0 Å². The number of amides is 2. The van der Waals surface area contributed by atoms with Crippen molar-refractivity contribution in [1.29, 1.82) is 0 Å². The summed E-state index contributed by atoms with van der Waals surface area (Å²) in [5.74, 6) is 9.87. The van der Waals surface area contributed by atoms with Crippen LogP contribution in [0.15, 0.2) is 66.7 Å². The van der Waals surface area contributed by atoms with Crippen molar-refractivity contribution >= 4 is 29.4 Å². The van der Waals surface area contributed by atoms with Gasteiger partial charge in [0.15, 0.2) is 0 Å². The van der Waals surface area contributed by atoms with Crippen LogP contribution in [0.25, 0.3) is 11.3 Å². The fourth-order valence-corrected chi connectivity index (χ4v) is 7.31. The molecule has 0 radical (unpaired) electrons. The molecule has 2 amide bonds. The lowest BCUT2D eigenvalue weighted by Crippen LogP contribution is -2.39. The lowest BCUT2D eigenvalue weighted by molar-refractivity contribution is 0.201. The van der Waals surface area contributed by atoms with Crippen molar-refractivity contribution in [3.63, 3.8) is 0 Å². The SMILES string of the molecule is COc1ccccc1CNCc1ccc(C#Cc2cc(-c3nn(CCCN4CCSCC4)c4c3CN(C(N)=O)CC4)ccc2Cl)cc1. The number of fused-ring (bicyclic) bond motifs is 1. The minimum atomic E-state index is -0.404. The van der Waals surface area contributed by atoms with Crippen LogP contribution in [0.4, 0.5) is 4.79 Å². The molecule has 3 aromatic carbocycles. The second-order valence-electron chi connectivity index (χ2n) is 11.9. The van der Waals surface area contributed by atoms with E-state index in [1.54, 1.807) is 12.0 Å². The number of rotatable bonds is 10. The molecule has 1 aromatic heterocycles. The highest BCUT2D eigenvalue weighted by atomic mass is 35.5. The van der Waals surface area contributed by atoms with Gasteiger partial charge in [-0.2, -0.15) is 16.9 Å². The van der Waals surface area contributed by atoms with Crippen molar-refractivity contribution in [3.8, 4) is 28.8 Å². The molecule has 3 N–H and O–H groups in total. The molecule has 2 aliphatic heterocycles. The molecule has 0 saturated carbocycles. The fourth-order valence-electron chi connectivity index (χ4n) is 6.17. The number of para-hydroxylation sites is 1. The third-order valence-electron chi connectivity index (χ3n) is 8.77. The molecule has 0 spiro atoms. The van der Waals surface area contributed by atoms with Gasteiger partial charge in [0.2, 0.25) is 0 Å². The molecule has 0 bridgehead atoms. The average molecular weight is 669 g/mol. The number of thioether (sulfide) groups is 1. The average Bonchev–Trinajstić information content (AvgIpc) is 3.47. The van der Waals surface area contributed by atoms with Gasteiger partial charge in [0.25, 0.3) is 0 Å². The second kappa shape index (κ2) is 15.8. The lowest BCUT2D eigenvalue weighted by Gasteiger charge is -2.27. The van der Waals surface area contributed by atoms with E-state index in [0.717, 1.165) is 91.4 Å². The maximum absolute atomic E-state index is 12.1. The number of hydrogen-bond acceptors (Lipinski definition) is 6. The van der Waals surface area contributed by atoms with Gasteiger partial charge >= 0.3 is 6.03 Å². The summed E-state index contributed by atoms with van der Waals surface area (Å²) >= 11 is 8.67. The molecule has 2 aliphatic rings. The van der Waals surface area contributed by atoms with E-state index < -0.39 is 6.03 Å². The van der Waals surface area contributed by atoms with Gasteiger partial charge in [-0.05, 0) is 48.9 Å². The minimum Gasteiger partial charge on any atom is -0.496 e. The van der Waals surface area contributed by atoms with Crippen LogP contribution in [0.5, 0.6) is 5.75 Å². The van der Waals surface area contributed by atoms with Gasteiger partial charge in [-0.1, -0.05) is 59.8 Å². The van der Waals surface area contributed by atoms with Crippen molar-refractivity contribution < 1.29 is 9.53 Å². The standard InChI is InChI=1S/C37H41ClN6O2S/c1-46-35-6-3-2-5-31(35)25-40-24-28-9-7-27(8-10-28)11-12-29-23-30(13-14-33(29)38)36-32-26-43(37(39)45)18-15-34(32)44(41-36)17-4-16-42-19-21-47-22-20-42/h2-3,5-10,13-14,23,40H,4,15-22,24-26H2,1H3,(H2,39,45). The summed E-state index contributed by atoms with van der Waals surface area (Å²) in [6.45, 7) is 6.73. The summed E-state index contributed by atoms with van der Waals surface area (Å²) in [7, 11) is 1.69. The molecule has 244 valence electrons. The maximum atomic E-state index is 12.1. The molecular formula is C37H41ClN6O2S. The number of nitrogens with one attached hydrogen (secondary N) is 1. The highest BCUT2D eigenvalue weighted by Gasteiger charge is 2.27. The number of aromatic nitrogens is 2. The summed E-state index contributed by atoms with van der Waals surface area (Å²) in [4.78, 5) is 16.3. The van der Waals surface area contributed by atoms with Gasteiger partial charge in [0.05, 0.1) is 24.4 Å². The van der Waals surface area contributed by atoms with Crippen LogP contribution in [0.2, 0.25) is 5.02 Å². The van der Waals surface area contributed by atoms with Crippen molar-refractivity contribution in [1.82, 2.24) is 24.9 Å². The Hall–Kier alpha value is -3.94. The number of carbonyl (C=O) groups is 1. The van der Waals surface area contributed by atoms with Crippen molar-refractivity contribution in [3.05, 3.63) is 105 Å². The number of carbonyl (C=O) groups excluding carboxylic acids is 1. The predicted molar refractivity (Wildman–Crippen MR) is 191 cm³/mol. The van der Waals surface area contributed by atoms with Crippen LogP contribution in [-0.2, 0) is 32.6 Å². The molecule has 8 nitrogen and oxygen atoms in total. The molecule has 6 rings (SSSR count). The normalized spacial score (nSPS) is 14.7. The molecule has 47 heavy (non-hydrogen) atoms. The Morgan fingerprint density at radius 1 is 1.02 bits per heavy atom. The van der Waals surface area contributed by atoms with Gasteiger partial charge in [0.1, 0.15) is 5.75 Å². The number of urea groups is 1. The van der Waals surface area contributed by atoms with Gasteiger partial charge in [-0.25, -0.2) is 4.79 Å². The lowest BCUT2D eigenvalue weighted by atomic mass is 9.99. The number of benzene rings is 3. The topological polar surface area (TPSA) is 88.7 Å². The summed E-state index contributed by atoms with van der Waals surface area (Å²) in [6.07, 6.45) is 1.77. The monoisotopic (exact) mass is 668 g/mol. The first kappa shape index (κ1) is 33.0. The van der Waals surface area contributed by atoms with Crippen molar-refractivity contribution in [2.24, 2.45) is 5.73 Å². The Kier molecular flexibility index (Phi) is 11.1. The number of nitrogens with zero attached hydrogens (tertiary/aromatic N) is 4. The van der Waals surface area contributed by atoms with Crippen LogP contribution < -0.4 is 15.8 Å². The maximum Gasteiger partial charge on any atom is 0.315 e. The van der Waals surface area contributed by atoms with Crippen LogP contribution >= 0.6 is 23.4 Å². The number of ether oxygens (including phenoxy) is 1. The van der Waals surface area contributed by atoms with Gasteiger partial charge in [-0.15, -0.1) is 0 Å². The van der Waals surface area contributed by atoms with Crippen molar-refractivity contribution in [2.75, 3.05) is 44.8 Å². The van der Waals surface area contributed by atoms with E-state index in [4.69, 9.17) is 27.2 Å². The Bertz CT molecular complexity index is 1760. The molecule has 1 fully saturated rings. The molecule has 1 saturated heterocycles. The molecule has 0 unspecified atom stereocenters. The zero-order valence-electron chi connectivity index (χ0n) is 26.8. The zero-order chi connectivity index (χ0) is 32.6. The molecule has 3 heterocycles. The predicted octanol–water partition coefficient (Wildman–Crippen LogP) is 5.78. The van der Waals surface area contributed by atoms with Crippen LogP contribution in [0, 0.1) is 11.8 Å². The smallest absolute Gasteiger partial charge is 0.315 e. The van der Waals surface area contributed by atoms with E-state index in [-0.39, 0.29) is 0 Å². The number of hydrogen-bond donors (Lipinski definition) is 2. The largest absolute Gasteiger partial charge is 0.496 e. The zero-order valence-corrected chi connectivity index (χ0v) is 28.4. The van der Waals surface area contributed by atoms with Crippen LogP contribution in [0.3, 0.4) is 0 Å². The Morgan fingerprint density at radius 3 is 2.62 bits per heavy atom. The molecule has 0 atom stereocenters. The Morgan fingerprint density at radius 2 is 1.83 bits per heavy atom. The van der Waals surface area contributed by atoms with Gasteiger partial charge in [-0.3, -0.25) is 4.68 Å². The highest BCUT2D eigenvalue weighted by Crippen LogP contribution is 2.32. The van der Waals surface area contributed by atoms with Crippen molar-refractivity contribution in [2.45, 2.75) is 39.0 Å². The van der Waals surface area contributed by atoms with E-state index in [0.29, 0.717) is 18.1 Å². The molecule has 4 aromatic rings. The minimum absolute atomic E-state index is 0.404. The highest BCUT2D eigenvalue weighted by molar-refractivity contribution is 7.99. The Balaban J connectivity index is 1.16. The van der Waals surface area contributed by atoms with E-state index in [1.807, 2.05) is 60.3 Å². The first-order valence-corrected chi connectivity index (χ1v) is 17.7. The summed E-state index contributed by atoms with van der Waals surface area (Å²) in [6, 6.07) is 21.7. The number of aryl methyl sites for hydroxylation is 1. The molecule has 0 aliphatic carbocycles. The first-order chi connectivity index (χ1) is 23.0. The number of halogens is 1. The Labute approximate surface area is 286 Å². The summed E-state index contributed by atoms with van der Waals surface area (Å²) < 4.78 is 7.60. The third-order valence-corrected chi connectivity index (χ3v) is 10.0. The molecular weight excluding hydrogens is 628 g/mol. The second-order valence-corrected chi connectivity index (χ2v) is 13.5. The van der Waals surface area contributed by atoms with Crippen LogP contribution in [-0.4, -0.2) is 70.4 Å². The first-order valence-electron chi connectivity index (χ1n) is 16.1. The third kappa shape index (κ3) is 8.32. The number of nitrogens with two attached hydrogens (primary N) is 1. The van der Waals surface area contributed by atoms with Gasteiger partial charge in [0, 0.05) is 90.7 Å². The van der Waals surface area contributed by atoms with E-state index in [1.165, 1.54) is 22.8 Å². The van der Waals surface area contributed by atoms with E-state index in [9.17, 15) is 4.79 Å². The number of methoxy groups -OCH3 is 1.